The SMILES string of the molecule is CC(=O)C(=O)O.CCO.Nc1cccc(Cl)c1.O=C(O)c1cc(-c2ccccc2)nc2cc(Cl)ccc12.O=Cc1ccccc1. The quantitative estimate of drug-likeness (QED) is 0.0883. The number of carbonyl (C=O) groups is 4. The Morgan fingerprint density at radius 2 is 1.33 bits per heavy atom. The van der Waals surface area contributed by atoms with Crippen molar-refractivity contribution >= 4 is 63.8 Å². The lowest BCUT2D eigenvalue weighted by atomic mass is 10.0. The Balaban J connectivity index is 0.000000335. The summed E-state index contributed by atoms with van der Waals surface area (Å²) in [7, 11) is 0. The standard InChI is InChI=1S/C16H10ClNO2.C7H6O.C6H6ClN.C3H4O3.C2H6O/c17-11-6-7-12-13(16(19)20)9-14(18-15(12)8-11)10-4-2-1-3-5-10;8-6-7-4-2-1-3-5-7;7-5-2-1-3-6(8)4-5;1-2(4)3(5)6;1-2-3/h1-9H,(H,19,20);1-6H;1-4H,8H2;1H3,(H,5,6);3H,2H2,1H3. The van der Waals surface area contributed by atoms with Gasteiger partial charge in [-0.05, 0) is 43.3 Å². The smallest absolute Gasteiger partial charge is 0.371 e. The molecule has 0 aliphatic heterocycles. The minimum absolute atomic E-state index is 0.227. The normalized spacial score (nSPS) is 9.27. The van der Waals surface area contributed by atoms with Crippen molar-refractivity contribution in [2.75, 3.05) is 12.3 Å². The van der Waals surface area contributed by atoms with Gasteiger partial charge in [0.2, 0.25) is 5.78 Å². The molecule has 0 atom stereocenters. The molecular formula is C34H32Cl2N2O7. The molecule has 0 fully saturated rings. The van der Waals surface area contributed by atoms with E-state index in [9.17, 15) is 24.3 Å². The van der Waals surface area contributed by atoms with E-state index in [0.717, 1.165) is 24.3 Å². The molecule has 0 saturated carbocycles. The maximum atomic E-state index is 11.4. The van der Waals surface area contributed by atoms with Crippen molar-refractivity contribution in [1.29, 1.82) is 0 Å². The van der Waals surface area contributed by atoms with E-state index in [1.54, 1.807) is 61.5 Å². The van der Waals surface area contributed by atoms with E-state index in [-0.39, 0.29) is 12.2 Å². The largest absolute Gasteiger partial charge is 0.478 e. The van der Waals surface area contributed by atoms with Gasteiger partial charge in [-0.25, -0.2) is 14.6 Å². The number of aldehydes is 1. The zero-order valence-corrected chi connectivity index (χ0v) is 25.9. The second-order valence-electron chi connectivity index (χ2n) is 8.65. The molecule has 0 aliphatic carbocycles. The Labute approximate surface area is 270 Å². The molecule has 4 aromatic carbocycles. The number of Topliss-reactive ketones (excluding diaryl/α,β-unsaturated/α-hetero) is 1. The molecule has 0 radical (unpaired) electrons. The number of carboxylic acids is 2. The molecule has 5 aromatic rings. The summed E-state index contributed by atoms with van der Waals surface area (Å²) in [4.78, 5) is 44.8. The number of aliphatic hydroxyl groups excluding tert-OH is 1. The van der Waals surface area contributed by atoms with Crippen LogP contribution < -0.4 is 5.73 Å². The van der Waals surface area contributed by atoms with Crippen molar-refractivity contribution in [3.05, 3.63) is 130 Å². The van der Waals surface area contributed by atoms with Gasteiger partial charge in [0.05, 0.1) is 16.8 Å². The molecule has 1 aromatic heterocycles. The van der Waals surface area contributed by atoms with E-state index >= 15 is 0 Å². The van der Waals surface area contributed by atoms with Crippen LogP contribution in [0, 0.1) is 0 Å². The van der Waals surface area contributed by atoms with Crippen LogP contribution in [0.15, 0.2) is 109 Å². The number of carboxylic acid groups (broad SMARTS) is 2. The lowest BCUT2D eigenvalue weighted by molar-refractivity contribution is -0.148. The summed E-state index contributed by atoms with van der Waals surface area (Å²) in [6.45, 7) is 2.93. The van der Waals surface area contributed by atoms with Gasteiger partial charge in [-0.15, -0.1) is 0 Å². The lowest BCUT2D eigenvalue weighted by Crippen LogP contribution is -2.05. The van der Waals surface area contributed by atoms with Crippen LogP contribution in [-0.2, 0) is 9.59 Å². The van der Waals surface area contributed by atoms with Crippen molar-refractivity contribution in [3.8, 4) is 11.3 Å². The molecule has 0 aliphatic rings. The van der Waals surface area contributed by atoms with Crippen LogP contribution in [0.25, 0.3) is 22.2 Å². The second-order valence-corrected chi connectivity index (χ2v) is 9.52. The van der Waals surface area contributed by atoms with Crippen molar-refractivity contribution in [2.45, 2.75) is 13.8 Å². The van der Waals surface area contributed by atoms with Gasteiger partial charge in [0.1, 0.15) is 6.29 Å². The first kappa shape index (κ1) is 37.9. The van der Waals surface area contributed by atoms with Crippen molar-refractivity contribution in [3.63, 3.8) is 0 Å². The number of nitrogens with two attached hydrogens (primary N) is 1. The summed E-state index contributed by atoms with van der Waals surface area (Å²) in [5, 5.41) is 26.4. The van der Waals surface area contributed by atoms with Crippen molar-refractivity contribution < 1.29 is 34.5 Å². The second kappa shape index (κ2) is 20.8. The molecule has 0 saturated heterocycles. The van der Waals surface area contributed by atoms with Crippen LogP contribution in [0.5, 0.6) is 0 Å². The highest BCUT2D eigenvalue weighted by Gasteiger charge is 2.13. The highest BCUT2D eigenvalue weighted by molar-refractivity contribution is 6.32. The highest BCUT2D eigenvalue weighted by Crippen LogP contribution is 2.26. The maximum absolute atomic E-state index is 11.4. The molecular weight excluding hydrogens is 619 g/mol. The third kappa shape index (κ3) is 14.8. The zero-order valence-electron chi connectivity index (χ0n) is 24.4. The van der Waals surface area contributed by atoms with Gasteiger partial charge < -0.3 is 21.1 Å². The summed E-state index contributed by atoms with van der Waals surface area (Å²) in [5.41, 5.74) is 9.11. The van der Waals surface area contributed by atoms with Gasteiger partial charge >= 0.3 is 11.9 Å². The van der Waals surface area contributed by atoms with Crippen molar-refractivity contribution in [2.24, 2.45) is 0 Å². The van der Waals surface area contributed by atoms with Crippen LogP contribution in [0.3, 0.4) is 0 Å². The first-order chi connectivity index (χ1) is 21.4. The number of fused-ring (bicyclic) bond motifs is 1. The summed E-state index contributed by atoms with van der Waals surface area (Å²) >= 11 is 11.5. The number of ketones is 1. The number of nitrogens with zero attached hydrogens (tertiary/aromatic N) is 1. The highest BCUT2D eigenvalue weighted by atomic mass is 35.5. The van der Waals surface area contributed by atoms with Crippen LogP contribution in [-0.4, -0.2) is 50.9 Å². The predicted octanol–water partition coefficient (Wildman–Crippen LogP) is 7.33. The fourth-order valence-corrected chi connectivity index (χ4v) is 3.54. The Bertz CT molecular complexity index is 1650. The fraction of sp³-hybridized carbons (Fsp3) is 0.0882. The van der Waals surface area contributed by atoms with Crippen LogP contribution >= 0.6 is 23.2 Å². The summed E-state index contributed by atoms with van der Waals surface area (Å²) in [5.74, 6) is -3.18. The zero-order chi connectivity index (χ0) is 33.8. The van der Waals surface area contributed by atoms with Crippen LogP contribution in [0.2, 0.25) is 10.0 Å². The first-order valence-corrected chi connectivity index (χ1v) is 13.9. The number of hydrogen-bond donors (Lipinski definition) is 4. The van der Waals surface area contributed by atoms with Crippen LogP contribution in [0.4, 0.5) is 5.69 Å². The van der Waals surface area contributed by atoms with Crippen LogP contribution in [0.1, 0.15) is 34.6 Å². The summed E-state index contributed by atoms with van der Waals surface area (Å²) in [6, 6.07) is 32.3. The number of rotatable bonds is 4. The number of pyridine rings is 1. The number of anilines is 1. The third-order valence-electron chi connectivity index (χ3n) is 5.16. The third-order valence-corrected chi connectivity index (χ3v) is 5.63. The molecule has 234 valence electrons. The summed E-state index contributed by atoms with van der Waals surface area (Å²) in [6.07, 6.45) is 0.833. The predicted molar refractivity (Wildman–Crippen MR) is 178 cm³/mol. The monoisotopic (exact) mass is 650 g/mol. The van der Waals surface area contributed by atoms with E-state index in [4.69, 9.17) is 39.1 Å². The number of aliphatic carboxylic acids is 1. The van der Waals surface area contributed by atoms with Gasteiger partial charge in [-0.3, -0.25) is 9.59 Å². The number of aromatic carboxylic acids is 1. The Morgan fingerprint density at radius 3 is 1.76 bits per heavy atom. The number of nitrogen functional groups attached to an aromatic ring is 1. The molecule has 0 bridgehead atoms. The number of hydrogen-bond acceptors (Lipinski definition) is 7. The molecule has 11 heteroatoms. The van der Waals surface area contributed by atoms with Gasteiger partial charge in [-0.1, -0.05) is 96.0 Å². The Hall–Kier alpha value is -5.09. The molecule has 1 heterocycles. The number of aliphatic hydroxyl groups is 1. The average molecular weight is 652 g/mol. The van der Waals surface area contributed by atoms with E-state index in [1.165, 1.54) is 0 Å². The van der Waals surface area contributed by atoms with Gasteiger partial charge in [0.15, 0.2) is 0 Å². The van der Waals surface area contributed by atoms with Gasteiger partial charge in [0, 0.05) is 45.8 Å². The fourth-order valence-electron chi connectivity index (χ4n) is 3.17. The number of carbonyl (C=O) groups excluding carboxylic acids is 2. The molecule has 5 N–H and O–H groups in total. The molecule has 9 nitrogen and oxygen atoms in total. The average Bonchev–Trinajstić information content (AvgIpc) is 3.02. The minimum Gasteiger partial charge on any atom is -0.478 e. The Morgan fingerprint density at radius 1 is 0.800 bits per heavy atom. The first-order valence-electron chi connectivity index (χ1n) is 13.2. The molecule has 0 amide bonds. The van der Waals surface area contributed by atoms with Crippen molar-refractivity contribution in [1.82, 2.24) is 4.98 Å². The minimum atomic E-state index is -1.38. The summed E-state index contributed by atoms with van der Waals surface area (Å²) < 4.78 is 0. The molecule has 5 rings (SSSR count). The maximum Gasteiger partial charge on any atom is 0.371 e. The van der Waals surface area contributed by atoms with E-state index in [1.807, 2.05) is 54.6 Å². The van der Waals surface area contributed by atoms with Gasteiger partial charge in [0.25, 0.3) is 0 Å². The number of halogens is 2. The van der Waals surface area contributed by atoms with Gasteiger partial charge in [-0.2, -0.15) is 0 Å². The van der Waals surface area contributed by atoms with E-state index in [0.29, 0.717) is 32.3 Å². The lowest BCUT2D eigenvalue weighted by Gasteiger charge is -2.07. The molecule has 0 spiro atoms. The van der Waals surface area contributed by atoms with E-state index < -0.39 is 17.7 Å². The number of benzene rings is 4. The topological polar surface area (TPSA) is 168 Å². The molecule has 45 heavy (non-hydrogen) atoms. The Kier molecular flexibility index (Phi) is 17.5. The number of aromatic nitrogens is 1. The molecule has 0 unspecified atom stereocenters. The van der Waals surface area contributed by atoms with E-state index in [2.05, 4.69) is 4.98 Å².